The summed E-state index contributed by atoms with van der Waals surface area (Å²) >= 11 is 0. The van der Waals surface area contributed by atoms with E-state index in [2.05, 4.69) is 83.7 Å². The van der Waals surface area contributed by atoms with Crippen molar-refractivity contribution in [2.24, 2.45) is 7.05 Å². The van der Waals surface area contributed by atoms with Crippen LogP contribution in [-0.2, 0) is 7.05 Å². The second-order valence-electron chi connectivity index (χ2n) is 9.26. The number of aryl methyl sites for hydroxylation is 2. The fourth-order valence-corrected chi connectivity index (χ4v) is 6.17. The van der Waals surface area contributed by atoms with E-state index in [1.54, 1.807) is 0 Å². The van der Waals surface area contributed by atoms with Crippen molar-refractivity contribution in [2.45, 2.75) is 38.5 Å². The Hall–Kier alpha value is -3.13. The van der Waals surface area contributed by atoms with Crippen molar-refractivity contribution >= 4 is 49.0 Å². The SMILES string of the molecule is Cc1ccc2cccc3c2c1c1c2c(cc[n+]1C)c1ccc(C4CCCC4)cc1n32. The molecule has 0 radical (unpaired) electrons. The number of pyridine rings is 2. The predicted molar refractivity (Wildman–Crippen MR) is 126 cm³/mol. The summed E-state index contributed by atoms with van der Waals surface area (Å²) in [6.45, 7) is 2.25. The Labute approximate surface area is 175 Å². The molecule has 146 valence electrons. The van der Waals surface area contributed by atoms with Crippen molar-refractivity contribution in [3.05, 3.63) is 71.9 Å². The lowest BCUT2D eigenvalue weighted by Crippen LogP contribution is -2.28. The van der Waals surface area contributed by atoms with Crippen molar-refractivity contribution in [1.82, 2.24) is 4.40 Å². The standard InChI is InChI=1S/C28H25N2/c1-17-10-11-19-8-5-9-23-26(19)25(17)28-27-22(14-15-29(28)2)21-13-12-20(16-24(21)30(23)27)18-6-3-4-7-18/h5,8-16,18H,3-4,6-7H2,1-2H3/q+1. The average molecular weight is 390 g/mol. The van der Waals surface area contributed by atoms with E-state index in [1.165, 1.54) is 85.8 Å². The Morgan fingerprint density at radius 1 is 0.867 bits per heavy atom. The average Bonchev–Trinajstić information content (AvgIpc) is 3.41. The number of hydrogen-bond acceptors (Lipinski definition) is 0. The molecule has 1 aliphatic carbocycles. The number of nitrogens with zero attached hydrogens (tertiary/aromatic N) is 2. The van der Waals surface area contributed by atoms with Gasteiger partial charge in [0, 0.05) is 22.2 Å². The zero-order chi connectivity index (χ0) is 20.0. The Morgan fingerprint density at radius 2 is 1.73 bits per heavy atom. The van der Waals surface area contributed by atoms with Gasteiger partial charge >= 0.3 is 0 Å². The highest BCUT2D eigenvalue weighted by atomic mass is 15.0. The molecular weight excluding hydrogens is 364 g/mol. The second-order valence-corrected chi connectivity index (χ2v) is 9.26. The van der Waals surface area contributed by atoms with Gasteiger partial charge in [-0.3, -0.25) is 0 Å². The smallest absolute Gasteiger partial charge is 0.238 e. The summed E-state index contributed by atoms with van der Waals surface area (Å²) in [7, 11) is 2.19. The van der Waals surface area contributed by atoms with Crippen LogP contribution in [-0.4, -0.2) is 4.40 Å². The van der Waals surface area contributed by atoms with Crippen molar-refractivity contribution < 1.29 is 4.57 Å². The third-order valence-electron chi connectivity index (χ3n) is 7.61. The number of benzene rings is 3. The summed E-state index contributed by atoms with van der Waals surface area (Å²) in [6, 6.07) is 20.9. The van der Waals surface area contributed by atoms with Crippen molar-refractivity contribution in [1.29, 1.82) is 0 Å². The highest BCUT2D eigenvalue weighted by Gasteiger charge is 2.25. The van der Waals surface area contributed by atoms with Crippen LogP contribution in [0.1, 0.15) is 42.7 Å². The summed E-state index contributed by atoms with van der Waals surface area (Å²) < 4.78 is 4.86. The fourth-order valence-electron chi connectivity index (χ4n) is 6.17. The first-order valence-corrected chi connectivity index (χ1v) is 11.2. The maximum atomic E-state index is 2.55. The van der Waals surface area contributed by atoms with Gasteiger partial charge in [0.2, 0.25) is 5.52 Å². The summed E-state index contributed by atoms with van der Waals surface area (Å²) in [5.74, 6) is 0.727. The van der Waals surface area contributed by atoms with E-state index in [-0.39, 0.29) is 0 Å². The van der Waals surface area contributed by atoms with Gasteiger partial charge < -0.3 is 4.40 Å². The molecular formula is C28H25N2+. The number of aromatic nitrogens is 2. The molecule has 3 aromatic heterocycles. The summed E-state index contributed by atoms with van der Waals surface area (Å²) in [4.78, 5) is 0. The maximum Gasteiger partial charge on any atom is 0.238 e. The third-order valence-corrected chi connectivity index (χ3v) is 7.61. The first kappa shape index (κ1) is 16.6. The summed E-state index contributed by atoms with van der Waals surface area (Å²) in [5, 5.41) is 6.84. The van der Waals surface area contributed by atoms with Crippen LogP contribution in [0.4, 0.5) is 0 Å². The first-order chi connectivity index (χ1) is 14.7. The normalized spacial score (nSPS) is 15.7. The molecule has 30 heavy (non-hydrogen) atoms. The van der Waals surface area contributed by atoms with Crippen LogP contribution in [0.2, 0.25) is 0 Å². The summed E-state index contributed by atoms with van der Waals surface area (Å²) in [5.41, 5.74) is 8.25. The monoisotopic (exact) mass is 389 g/mol. The van der Waals surface area contributed by atoms with Crippen molar-refractivity contribution in [2.75, 3.05) is 0 Å². The van der Waals surface area contributed by atoms with E-state index in [9.17, 15) is 0 Å². The topological polar surface area (TPSA) is 8.29 Å². The highest BCUT2D eigenvalue weighted by Crippen LogP contribution is 2.42. The highest BCUT2D eigenvalue weighted by molar-refractivity contribution is 6.25. The lowest BCUT2D eigenvalue weighted by atomic mass is 9.96. The first-order valence-electron chi connectivity index (χ1n) is 11.2. The molecule has 7 rings (SSSR count). The predicted octanol–water partition coefficient (Wildman–Crippen LogP) is 6.78. The zero-order valence-corrected chi connectivity index (χ0v) is 17.6. The molecule has 0 saturated heterocycles. The molecule has 1 aliphatic rings. The van der Waals surface area contributed by atoms with Gasteiger partial charge in [-0.15, -0.1) is 0 Å². The minimum Gasteiger partial charge on any atom is -0.303 e. The lowest BCUT2D eigenvalue weighted by molar-refractivity contribution is -0.644. The molecule has 0 atom stereocenters. The van der Waals surface area contributed by atoms with Gasteiger partial charge in [-0.25, -0.2) is 0 Å². The van der Waals surface area contributed by atoms with Gasteiger partial charge in [0.1, 0.15) is 12.6 Å². The second kappa shape index (κ2) is 5.72. The van der Waals surface area contributed by atoms with Crippen LogP contribution in [0.25, 0.3) is 49.0 Å². The van der Waals surface area contributed by atoms with Crippen molar-refractivity contribution in [3.63, 3.8) is 0 Å². The Bertz CT molecular complexity index is 1610. The van der Waals surface area contributed by atoms with E-state index in [0.717, 1.165) is 5.92 Å². The molecule has 1 fully saturated rings. The van der Waals surface area contributed by atoms with Crippen LogP contribution in [0.5, 0.6) is 0 Å². The van der Waals surface area contributed by atoms with Crippen LogP contribution >= 0.6 is 0 Å². The molecule has 0 spiro atoms. The molecule has 6 aromatic rings. The van der Waals surface area contributed by atoms with Crippen molar-refractivity contribution in [3.8, 4) is 0 Å². The molecule has 0 N–H and O–H groups in total. The van der Waals surface area contributed by atoms with Gasteiger partial charge in [0.25, 0.3) is 0 Å². The molecule has 2 heteroatoms. The minimum absolute atomic E-state index is 0.727. The van der Waals surface area contributed by atoms with E-state index >= 15 is 0 Å². The summed E-state index contributed by atoms with van der Waals surface area (Å²) in [6.07, 6.45) is 7.65. The number of rotatable bonds is 1. The van der Waals surface area contributed by atoms with Crippen LogP contribution in [0, 0.1) is 6.92 Å². The van der Waals surface area contributed by atoms with Gasteiger partial charge in [-0.2, -0.15) is 4.57 Å². The van der Waals surface area contributed by atoms with Gasteiger partial charge in [0.05, 0.1) is 16.4 Å². The van der Waals surface area contributed by atoms with E-state index in [1.807, 2.05) is 0 Å². The molecule has 1 saturated carbocycles. The molecule has 3 heterocycles. The molecule has 0 bridgehead atoms. The molecule has 0 amide bonds. The maximum absolute atomic E-state index is 2.55. The van der Waals surface area contributed by atoms with Crippen LogP contribution in [0.3, 0.4) is 0 Å². The lowest BCUT2D eigenvalue weighted by Gasteiger charge is -2.13. The molecule has 2 nitrogen and oxygen atoms in total. The van der Waals surface area contributed by atoms with E-state index in [0.29, 0.717) is 0 Å². The van der Waals surface area contributed by atoms with Crippen LogP contribution in [0.15, 0.2) is 60.8 Å². The van der Waals surface area contributed by atoms with E-state index < -0.39 is 0 Å². The Morgan fingerprint density at radius 3 is 2.60 bits per heavy atom. The number of hydrogen-bond donors (Lipinski definition) is 0. The quantitative estimate of drug-likeness (QED) is 0.166. The zero-order valence-electron chi connectivity index (χ0n) is 17.6. The van der Waals surface area contributed by atoms with Gasteiger partial charge in [-0.1, -0.05) is 49.2 Å². The van der Waals surface area contributed by atoms with Gasteiger partial charge in [-0.05, 0) is 54.3 Å². The number of fused-ring (bicyclic) bond motifs is 5. The van der Waals surface area contributed by atoms with E-state index in [4.69, 9.17) is 0 Å². The third kappa shape index (κ3) is 1.97. The Kier molecular flexibility index (Phi) is 3.18. The van der Waals surface area contributed by atoms with Gasteiger partial charge in [0.15, 0.2) is 6.20 Å². The Balaban J connectivity index is 1.79. The molecule has 0 aliphatic heterocycles. The molecule has 3 aromatic carbocycles. The minimum atomic E-state index is 0.727. The largest absolute Gasteiger partial charge is 0.303 e. The fraction of sp³-hybridized carbons (Fsp3) is 0.250. The van der Waals surface area contributed by atoms with Crippen LogP contribution < -0.4 is 4.57 Å². The molecule has 0 unspecified atom stereocenters.